The summed E-state index contributed by atoms with van der Waals surface area (Å²) in [7, 11) is 0. The van der Waals surface area contributed by atoms with Crippen molar-refractivity contribution in [2.24, 2.45) is 17.8 Å². The number of halogens is 1. The molecule has 0 saturated heterocycles. The van der Waals surface area contributed by atoms with Gasteiger partial charge in [0, 0.05) is 0 Å². The molecule has 1 aliphatic rings. The van der Waals surface area contributed by atoms with E-state index in [1.807, 2.05) is 0 Å². The number of hydrogen-bond acceptors (Lipinski definition) is 4. The maximum absolute atomic E-state index is 13.5. The van der Waals surface area contributed by atoms with E-state index in [-0.39, 0.29) is 11.7 Å². The van der Waals surface area contributed by atoms with Crippen molar-refractivity contribution in [2.75, 3.05) is 6.61 Å². The number of esters is 2. The fraction of sp³-hybridized carbons (Fsp3) is 0.579. The first kappa shape index (κ1) is 18.4. The van der Waals surface area contributed by atoms with Gasteiger partial charge in [-0.15, -0.1) is 0 Å². The van der Waals surface area contributed by atoms with Gasteiger partial charge in [0.1, 0.15) is 11.9 Å². The molecule has 1 aliphatic carbocycles. The van der Waals surface area contributed by atoms with E-state index in [1.165, 1.54) is 24.3 Å². The lowest BCUT2D eigenvalue weighted by atomic mass is 9.75. The summed E-state index contributed by atoms with van der Waals surface area (Å²) in [5.74, 6) is -0.841. The van der Waals surface area contributed by atoms with Crippen LogP contribution in [0.5, 0.6) is 0 Å². The third-order valence-corrected chi connectivity index (χ3v) is 4.66. The molecule has 0 radical (unpaired) electrons. The normalized spacial score (nSPS) is 23.8. The summed E-state index contributed by atoms with van der Waals surface area (Å²) in [6, 6.07) is 5.51. The van der Waals surface area contributed by atoms with Gasteiger partial charge in [-0.25, -0.2) is 14.0 Å². The van der Waals surface area contributed by atoms with Crippen molar-refractivity contribution in [3.8, 4) is 0 Å². The van der Waals surface area contributed by atoms with E-state index in [9.17, 15) is 14.0 Å². The molecule has 0 unspecified atom stereocenters. The Labute approximate surface area is 142 Å². The van der Waals surface area contributed by atoms with Gasteiger partial charge in [-0.1, -0.05) is 39.3 Å². The Kier molecular flexibility index (Phi) is 6.35. The molecule has 0 spiro atoms. The molecule has 1 saturated carbocycles. The van der Waals surface area contributed by atoms with Gasteiger partial charge in [-0.2, -0.15) is 0 Å². The minimum absolute atomic E-state index is 0.145. The maximum Gasteiger partial charge on any atom is 0.344 e. The molecule has 4 nitrogen and oxygen atoms in total. The van der Waals surface area contributed by atoms with Crippen molar-refractivity contribution in [1.82, 2.24) is 0 Å². The van der Waals surface area contributed by atoms with Gasteiger partial charge in [0.25, 0.3) is 0 Å². The van der Waals surface area contributed by atoms with Crippen LogP contribution in [-0.2, 0) is 14.3 Å². The third kappa shape index (κ3) is 4.79. The van der Waals surface area contributed by atoms with E-state index >= 15 is 0 Å². The van der Waals surface area contributed by atoms with E-state index in [2.05, 4.69) is 20.8 Å². The SMILES string of the molecule is CC(C)[C@@H]1CC[C@H](C)C[C@H]1OC(=O)COC(=O)c1ccccc1F. The van der Waals surface area contributed by atoms with E-state index in [0.29, 0.717) is 17.8 Å². The fourth-order valence-corrected chi connectivity index (χ4v) is 3.28. The number of carbonyl (C=O) groups is 2. The van der Waals surface area contributed by atoms with E-state index < -0.39 is 24.4 Å². The summed E-state index contributed by atoms with van der Waals surface area (Å²) in [5.41, 5.74) is -0.184. The molecule has 1 fully saturated rings. The van der Waals surface area contributed by atoms with Crippen molar-refractivity contribution in [1.29, 1.82) is 0 Å². The molecule has 3 atom stereocenters. The number of benzene rings is 1. The first-order chi connectivity index (χ1) is 11.4. The van der Waals surface area contributed by atoms with Crippen LogP contribution >= 0.6 is 0 Å². The predicted molar refractivity (Wildman–Crippen MR) is 87.9 cm³/mol. The lowest BCUT2D eigenvalue weighted by Crippen LogP contribution is -2.36. The zero-order valence-corrected chi connectivity index (χ0v) is 14.5. The van der Waals surface area contributed by atoms with Crippen LogP contribution in [-0.4, -0.2) is 24.6 Å². The summed E-state index contributed by atoms with van der Waals surface area (Å²) in [4.78, 5) is 23.8. The van der Waals surface area contributed by atoms with Crippen LogP contribution in [0.3, 0.4) is 0 Å². The Hall–Kier alpha value is -1.91. The summed E-state index contributed by atoms with van der Waals surface area (Å²) in [5, 5.41) is 0. The average molecular weight is 336 g/mol. The van der Waals surface area contributed by atoms with Crippen LogP contribution in [0, 0.1) is 23.6 Å². The molecule has 0 aromatic heterocycles. The van der Waals surface area contributed by atoms with E-state index in [1.54, 1.807) is 0 Å². The second kappa shape index (κ2) is 8.27. The van der Waals surface area contributed by atoms with Crippen LogP contribution in [0.15, 0.2) is 24.3 Å². The van der Waals surface area contributed by atoms with Crippen molar-refractivity contribution in [3.05, 3.63) is 35.6 Å². The molecular formula is C19H25FO4. The highest BCUT2D eigenvalue weighted by Crippen LogP contribution is 2.35. The fourth-order valence-electron chi connectivity index (χ4n) is 3.28. The lowest BCUT2D eigenvalue weighted by Gasteiger charge is -2.36. The molecule has 0 bridgehead atoms. The van der Waals surface area contributed by atoms with Crippen LogP contribution in [0.1, 0.15) is 50.4 Å². The molecule has 1 aromatic rings. The number of carbonyl (C=O) groups excluding carboxylic acids is 2. The highest BCUT2D eigenvalue weighted by molar-refractivity contribution is 5.91. The molecule has 0 N–H and O–H groups in total. The largest absolute Gasteiger partial charge is 0.460 e. The van der Waals surface area contributed by atoms with Crippen molar-refractivity contribution >= 4 is 11.9 Å². The minimum Gasteiger partial charge on any atom is -0.460 e. The lowest BCUT2D eigenvalue weighted by molar-refractivity contribution is -0.159. The Morgan fingerprint density at radius 2 is 1.96 bits per heavy atom. The van der Waals surface area contributed by atoms with Gasteiger partial charge in [0.05, 0.1) is 5.56 Å². The van der Waals surface area contributed by atoms with E-state index in [4.69, 9.17) is 9.47 Å². The molecular weight excluding hydrogens is 311 g/mol. The zero-order chi connectivity index (χ0) is 17.7. The van der Waals surface area contributed by atoms with Gasteiger partial charge < -0.3 is 9.47 Å². The molecule has 5 heteroatoms. The summed E-state index contributed by atoms with van der Waals surface area (Å²) >= 11 is 0. The second-order valence-electron chi connectivity index (χ2n) is 6.91. The Morgan fingerprint density at radius 3 is 2.62 bits per heavy atom. The van der Waals surface area contributed by atoms with Crippen LogP contribution in [0.2, 0.25) is 0 Å². The van der Waals surface area contributed by atoms with Crippen molar-refractivity contribution < 1.29 is 23.5 Å². The van der Waals surface area contributed by atoms with Crippen LogP contribution in [0.25, 0.3) is 0 Å². The van der Waals surface area contributed by atoms with Gasteiger partial charge in [0.2, 0.25) is 0 Å². The molecule has 0 aliphatic heterocycles. The van der Waals surface area contributed by atoms with Gasteiger partial charge >= 0.3 is 11.9 Å². The standard InChI is InChI=1S/C19H25FO4/c1-12(2)14-9-8-13(3)10-17(14)24-18(21)11-23-19(22)15-6-4-5-7-16(15)20/h4-7,12-14,17H,8-11H2,1-3H3/t13-,14-,17+/m0/s1. The zero-order valence-electron chi connectivity index (χ0n) is 14.5. The quantitative estimate of drug-likeness (QED) is 0.763. The number of ether oxygens (including phenoxy) is 2. The second-order valence-corrected chi connectivity index (χ2v) is 6.91. The van der Waals surface area contributed by atoms with Crippen LogP contribution in [0.4, 0.5) is 4.39 Å². The summed E-state index contributed by atoms with van der Waals surface area (Å²) in [6.45, 7) is 5.90. The maximum atomic E-state index is 13.5. The Bertz CT molecular complexity index is 584. The molecule has 1 aromatic carbocycles. The highest BCUT2D eigenvalue weighted by Gasteiger charge is 2.33. The van der Waals surface area contributed by atoms with Crippen molar-refractivity contribution in [3.63, 3.8) is 0 Å². The summed E-state index contributed by atoms with van der Waals surface area (Å²) < 4.78 is 23.9. The summed E-state index contributed by atoms with van der Waals surface area (Å²) in [6.07, 6.45) is 2.86. The van der Waals surface area contributed by atoms with Crippen LogP contribution < -0.4 is 0 Å². The van der Waals surface area contributed by atoms with Gasteiger partial charge in [0.15, 0.2) is 6.61 Å². The Balaban J connectivity index is 1.88. The third-order valence-electron chi connectivity index (χ3n) is 4.66. The number of rotatable bonds is 5. The first-order valence-corrected chi connectivity index (χ1v) is 8.49. The minimum atomic E-state index is -0.859. The Morgan fingerprint density at radius 1 is 1.25 bits per heavy atom. The average Bonchev–Trinajstić information content (AvgIpc) is 2.53. The first-order valence-electron chi connectivity index (χ1n) is 8.49. The highest BCUT2D eigenvalue weighted by atomic mass is 19.1. The smallest absolute Gasteiger partial charge is 0.344 e. The topological polar surface area (TPSA) is 52.6 Å². The van der Waals surface area contributed by atoms with Gasteiger partial charge in [-0.05, 0) is 42.7 Å². The monoisotopic (exact) mass is 336 g/mol. The molecule has 2 rings (SSSR count). The van der Waals surface area contributed by atoms with Crippen molar-refractivity contribution in [2.45, 2.75) is 46.1 Å². The van der Waals surface area contributed by atoms with E-state index in [0.717, 1.165) is 19.3 Å². The predicted octanol–water partition coefficient (Wildman–Crippen LogP) is 3.99. The molecule has 0 heterocycles. The van der Waals surface area contributed by atoms with Gasteiger partial charge in [-0.3, -0.25) is 0 Å². The molecule has 132 valence electrons. The number of hydrogen-bond donors (Lipinski definition) is 0. The molecule has 0 amide bonds. The molecule has 24 heavy (non-hydrogen) atoms.